The highest BCUT2D eigenvalue weighted by Gasteiger charge is 2.23. The van der Waals surface area contributed by atoms with E-state index >= 15 is 0 Å². The average Bonchev–Trinajstić information content (AvgIpc) is 3.81. The Hall–Kier alpha value is -4.25. The molecule has 1 saturated carbocycles. The van der Waals surface area contributed by atoms with Crippen LogP contribution in [0.1, 0.15) is 18.4 Å². The van der Waals surface area contributed by atoms with Gasteiger partial charge in [-0.2, -0.15) is 0 Å². The molecule has 1 aliphatic carbocycles. The van der Waals surface area contributed by atoms with E-state index in [1.807, 2.05) is 18.2 Å². The number of aromatic nitrogens is 2. The molecule has 3 N–H and O–H groups in total. The van der Waals surface area contributed by atoms with E-state index in [9.17, 15) is 19.1 Å². The number of rotatable bonds is 20. The van der Waals surface area contributed by atoms with Gasteiger partial charge in [-0.15, -0.1) is 11.3 Å². The minimum atomic E-state index is -0.617. The summed E-state index contributed by atoms with van der Waals surface area (Å²) in [6, 6.07) is 11.4. The molecule has 0 unspecified atom stereocenters. The van der Waals surface area contributed by atoms with Crippen molar-refractivity contribution >= 4 is 39.2 Å². The van der Waals surface area contributed by atoms with Crippen molar-refractivity contribution in [2.45, 2.75) is 25.4 Å². The zero-order valence-corrected chi connectivity index (χ0v) is 28.0. The first-order valence-electron chi connectivity index (χ1n) is 15.9. The van der Waals surface area contributed by atoms with Crippen LogP contribution in [0.15, 0.2) is 54.9 Å². The Bertz CT molecular complexity index is 1670. The van der Waals surface area contributed by atoms with Crippen molar-refractivity contribution < 1.29 is 42.8 Å². The number of nitrogens with zero attached hydrogens (tertiary/aromatic N) is 3. The molecule has 1 fully saturated rings. The third-order valence-electron chi connectivity index (χ3n) is 7.32. The van der Waals surface area contributed by atoms with Crippen LogP contribution in [-0.4, -0.2) is 104 Å². The fourth-order valence-electron chi connectivity index (χ4n) is 4.62. The number of carbonyl (C=O) groups excluding carboxylic acids is 2. The van der Waals surface area contributed by atoms with Crippen molar-refractivity contribution in [3.05, 3.63) is 66.2 Å². The monoisotopic (exact) mass is 697 g/mol. The summed E-state index contributed by atoms with van der Waals surface area (Å²) >= 11 is 1.40. The van der Waals surface area contributed by atoms with Crippen LogP contribution in [-0.2, 0) is 30.3 Å². The number of carbonyl (C=O) groups is 2. The van der Waals surface area contributed by atoms with E-state index in [0.717, 1.165) is 23.3 Å². The summed E-state index contributed by atoms with van der Waals surface area (Å²) in [5.41, 5.74) is 2.46. The zero-order chi connectivity index (χ0) is 34.4. The number of anilines is 1. The van der Waals surface area contributed by atoms with E-state index in [4.69, 9.17) is 23.7 Å². The number of hydrogen-bond donors (Lipinski definition) is 3. The second kappa shape index (κ2) is 18.5. The van der Waals surface area contributed by atoms with Gasteiger partial charge in [0.2, 0.25) is 5.91 Å². The molecular weight excluding hydrogens is 657 g/mol. The van der Waals surface area contributed by atoms with Crippen LogP contribution < -0.4 is 15.4 Å². The number of ether oxygens (including phenoxy) is 5. The van der Waals surface area contributed by atoms with E-state index in [0.29, 0.717) is 73.5 Å². The highest BCUT2D eigenvalue weighted by atomic mass is 32.1. The van der Waals surface area contributed by atoms with Crippen molar-refractivity contribution in [2.75, 3.05) is 71.8 Å². The van der Waals surface area contributed by atoms with Crippen LogP contribution in [0.4, 0.5) is 14.9 Å². The summed E-state index contributed by atoms with van der Waals surface area (Å²) in [7, 11) is 1.62. The standard InChI is InChI=1S/C34H40FN5O8S/c1-44-12-13-46-16-17-47-15-14-45-11-10-40(32(42)22-41)21-23-2-6-27(37-20-23)31-19-28-33(49-31)30(8-9-36-28)48-29-7-5-25(18-26(29)35)39-34(43)38-24-3-4-24/h2,5-9,18-20,24,41H,3-4,10-17,21-22H2,1H3,(H2,38,39,43). The van der Waals surface area contributed by atoms with Gasteiger partial charge >= 0.3 is 6.03 Å². The summed E-state index contributed by atoms with van der Waals surface area (Å²) in [4.78, 5) is 35.8. The van der Waals surface area contributed by atoms with Crippen LogP contribution in [0.2, 0.25) is 0 Å². The predicted molar refractivity (Wildman–Crippen MR) is 181 cm³/mol. The maximum atomic E-state index is 14.9. The second-order valence-corrected chi connectivity index (χ2v) is 12.2. The van der Waals surface area contributed by atoms with Crippen LogP contribution in [0.25, 0.3) is 20.8 Å². The number of halogens is 1. The molecule has 3 heterocycles. The first-order valence-corrected chi connectivity index (χ1v) is 16.7. The van der Waals surface area contributed by atoms with E-state index in [1.54, 1.807) is 31.6 Å². The Labute approximate surface area is 287 Å². The van der Waals surface area contributed by atoms with E-state index in [1.165, 1.54) is 28.4 Å². The summed E-state index contributed by atoms with van der Waals surface area (Å²) < 4.78 is 42.9. The van der Waals surface area contributed by atoms with Crippen LogP contribution in [0.5, 0.6) is 11.5 Å². The number of thiophene rings is 1. The number of methoxy groups -OCH3 is 1. The van der Waals surface area contributed by atoms with Crippen molar-refractivity contribution in [3.63, 3.8) is 0 Å². The van der Waals surface area contributed by atoms with Gasteiger partial charge in [-0.05, 0) is 42.7 Å². The molecule has 0 saturated heterocycles. The lowest BCUT2D eigenvalue weighted by Gasteiger charge is -2.22. The summed E-state index contributed by atoms with van der Waals surface area (Å²) in [5, 5.41) is 14.9. The third kappa shape index (κ3) is 11.1. The summed E-state index contributed by atoms with van der Waals surface area (Å²) in [6.45, 7) is 2.97. The van der Waals surface area contributed by atoms with Gasteiger partial charge in [-0.3, -0.25) is 14.8 Å². The van der Waals surface area contributed by atoms with Crippen LogP contribution >= 0.6 is 11.3 Å². The summed E-state index contributed by atoms with van der Waals surface area (Å²) in [5.74, 6) is -0.587. The molecule has 0 atom stereocenters. The molecule has 3 aromatic heterocycles. The lowest BCUT2D eigenvalue weighted by atomic mass is 10.2. The minimum Gasteiger partial charge on any atom is -0.453 e. The fraction of sp³-hybridized carbons (Fsp3) is 0.412. The Morgan fingerprint density at radius 2 is 1.71 bits per heavy atom. The number of urea groups is 1. The third-order valence-corrected chi connectivity index (χ3v) is 8.48. The lowest BCUT2D eigenvalue weighted by Crippen LogP contribution is -2.35. The van der Waals surface area contributed by atoms with Gasteiger partial charge in [0.1, 0.15) is 12.4 Å². The van der Waals surface area contributed by atoms with Gasteiger partial charge in [0.05, 0.1) is 67.0 Å². The molecule has 15 heteroatoms. The Morgan fingerprint density at radius 3 is 2.39 bits per heavy atom. The number of amides is 3. The Balaban J connectivity index is 1.14. The molecular formula is C34H40FN5O8S. The van der Waals surface area contributed by atoms with Gasteiger partial charge in [0, 0.05) is 56.5 Å². The van der Waals surface area contributed by atoms with Gasteiger partial charge in [0.15, 0.2) is 11.6 Å². The van der Waals surface area contributed by atoms with Gasteiger partial charge < -0.3 is 44.3 Å². The number of fused-ring (bicyclic) bond motifs is 1. The second-order valence-electron chi connectivity index (χ2n) is 11.1. The first-order chi connectivity index (χ1) is 23.9. The fourth-order valence-corrected chi connectivity index (χ4v) is 5.66. The van der Waals surface area contributed by atoms with E-state index < -0.39 is 18.3 Å². The van der Waals surface area contributed by atoms with Gasteiger partial charge in [0.25, 0.3) is 0 Å². The largest absolute Gasteiger partial charge is 0.453 e. The SMILES string of the molecule is COCCOCCOCCOCCN(Cc1ccc(-c2cc3nccc(Oc4ccc(NC(=O)NC5CC5)cc4F)c3s2)nc1)C(=O)CO. The molecule has 0 radical (unpaired) electrons. The number of aliphatic hydroxyl groups is 1. The molecule has 0 spiro atoms. The maximum Gasteiger partial charge on any atom is 0.319 e. The average molecular weight is 698 g/mol. The normalized spacial score (nSPS) is 12.6. The number of nitrogens with one attached hydrogen (secondary N) is 2. The topological polar surface area (TPSA) is 154 Å². The highest BCUT2D eigenvalue weighted by molar-refractivity contribution is 7.22. The maximum absolute atomic E-state index is 14.9. The van der Waals surface area contributed by atoms with Crippen molar-refractivity contribution in [3.8, 4) is 22.1 Å². The van der Waals surface area contributed by atoms with Crippen LogP contribution in [0.3, 0.4) is 0 Å². The smallest absolute Gasteiger partial charge is 0.319 e. The molecule has 0 bridgehead atoms. The first kappa shape index (κ1) is 36.0. The van der Waals surface area contributed by atoms with Crippen molar-refractivity contribution in [1.82, 2.24) is 20.2 Å². The van der Waals surface area contributed by atoms with E-state index in [2.05, 4.69) is 20.6 Å². The van der Waals surface area contributed by atoms with Gasteiger partial charge in [-0.25, -0.2) is 9.18 Å². The minimum absolute atomic E-state index is 0.0123. The lowest BCUT2D eigenvalue weighted by molar-refractivity contribution is -0.135. The molecule has 3 amide bonds. The van der Waals surface area contributed by atoms with Crippen LogP contribution in [0, 0.1) is 5.82 Å². The molecule has 0 aliphatic heterocycles. The predicted octanol–water partition coefficient (Wildman–Crippen LogP) is 4.59. The van der Waals surface area contributed by atoms with Crippen molar-refractivity contribution in [1.29, 1.82) is 0 Å². The molecule has 1 aliphatic rings. The Kier molecular flexibility index (Phi) is 13.6. The summed E-state index contributed by atoms with van der Waals surface area (Å²) in [6.07, 6.45) is 5.18. The number of benzene rings is 1. The number of aliphatic hydroxyl groups excluding tert-OH is 1. The molecule has 4 aromatic rings. The van der Waals surface area contributed by atoms with E-state index in [-0.39, 0.29) is 31.0 Å². The number of pyridine rings is 2. The molecule has 1 aromatic carbocycles. The number of hydrogen-bond acceptors (Lipinski definition) is 11. The zero-order valence-electron chi connectivity index (χ0n) is 27.2. The molecule has 262 valence electrons. The quantitative estimate of drug-likeness (QED) is 0.112. The molecule has 13 nitrogen and oxygen atoms in total. The molecule has 5 rings (SSSR count). The molecule has 49 heavy (non-hydrogen) atoms. The van der Waals surface area contributed by atoms with Gasteiger partial charge in [-0.1, -0.05) is 6.07 Å². The Morgan fingerprint density at radius 1 is 0.959 bits per heavy atom. The van der Waals surface area contributed by atoms with Crippen molar-refractivity contribution in [2.24, 2.45) is 0 Å². The highest BCUT2D eigenvalue weighted by Crippen LogP contribution is 2.39.